The van der Waals surface area contributed by atoms with Crippen molar-refractivity contribution in [1.82, 2.24) is 0 Å². The third kappa shape index (κ3) is 19.2. The summed E-state index contributed by atoms with van der Waals surface area (Å²) in [6.45, 7) is 21.9. The van der Waals surface area contributed by atoms with E-state index in [1.54, 1.807) is 27.7 Å². The SMILES string of the molecule is CC.CC.CC.CC.C[C@@H]1OC[C@@H](O)[C@H](O)[C@H]1O.C[C@@H]1OC[C@H](O)[C@H](O)[C@H]1O.C[C@@H]1O[C@H](CO)[C@@H](O)[C@H](O)[C@H]1O.C[C@@H]1O[C@H](CO)[C@H](O)[C@H](O)[C@H]1O. The van der Waals surface area contributed by atoms with Crippen LogP contribution in [0.4, 0.5) is 0 Å². The molecule has 18 heteroatoms. The minimum Gasteiger partial charge on any atom is -0.394 e. The summed E-state index contributed by atoms with van der Waals surface area (Å²) in [5, 5.41) is 127. The number of aliphatic hydroxyl groups excluding tert-OH is 14. The molecule has 4 heterocycles. The Balaban J connectivity index is -0.000000277. The van der Waals surface area contributed by atoms with Gasteiger partial charge >= 0.3 is 0 Å². The lowest BCUT2D eigenvalue weighted by atomic mass is 9.96. The molecule has 0 aliphatic carbocycles. The molecule has 320 valence electrons. The van der Waals surface area contributed by atoms with E-state index in [4.69, 9.17) is 59.8 Å². The van der Waals surface area contributed by atoms with Gasteiger partial charge in [0.2, 0.25) is 0 Å². The summed E-state index contributed by atoms with van der Waals surface area (Å²) >= 11 is 0. The second-order valence-electron chi connectivity index (χ2n) is 11.2. The molecule has 0 amide bonds. The zero-order chi connectivity index (χ0) is 42.0. The third-order valence-electron chi connectivity index (χ3n) is 7.77. The Morgan fingerprint density at radius 2 is 0.577 bits per heavy atom. The van der Waals surface area contributed by atoms with Gasteiger partial charge in [0.05, 0.1) is 50.8 Å². The maximum absolute atomic E-state index is 9.23. The van der Waals surface area contributed by atoms with E-state index >= 15 is 0 Å². The van der Waals surface area contributed by atoms with Gasteiger partial charge < -0.3 is 90.4 Å². The zero-order valence-electron chi connectivity index (χ0n) is 33.1. The molecular weight excluding hydrogens is 696 g/mol. The Bertz CT molecular complexity index is 687. The fourth-order valence-corrected chi connectivity index (χ4v) is 4.48. The summed E-state index contributed by atoms with van der Waals surface area (Å²) < 4.78 is 19.9. The van der Waals surface area contributed by atoms with E-state index in [9.17, 15) is 30.6 Å². The van der Waals surface area contributed by atoms with Crippen molar-refractivity contribution >= 4 is 0 Å². The van der Waals surface area contributed by atoms with Crippen LogP contribution in [-0.4, -0.2) is 208 Å². The lowest BCUT2D eigenvalue weighted by Gasteiger charge is -2.38. The van der Waals surface area contributed by atoms with Gasteiger partial charge in [-0.05, 0) is 27.7 Å². The van der Waals surface area contributed by atoms with E-state index < -0.39 is 110 Å². The van der Waals surface area contributed by atoms with Gasteiger partial charge in [-0.2, -0.15) is 0 Å². The minimum atomic E-state index is -1.24. The first kappa shape index (κ1) is 58.0. The van der Waals surface area contributed by atoms with Crippen LogP contribution < -0.4 is 0 Å². The van der Waals surface area contributed by atoms with Gasteiger partial charge in [-0.3, -0.25) is 0 Å². The van der Waals surface area contributed by atoms with Crippen molar-refractivity contribution < 1.29 is 90.4 Å². The summed E-state index contributed by atoms with van der Waals surface area (Å²) in [7, 11) is 0. The van der Waals surface area contributed by atoms with Crippen LogP contribution in [0.25, 0.3) is 0 Å². The predicted molar refractivity (Wildman–Crippen MR) is 191 cm³/mol. The van der Waals surface area contributed by atoms with Crippen molar-refractivity contribution in [2.24, 2.45) is 0 Å². The molecule has 0 saturated carbocycles. The second kappa shape index (κ2) is 32.5. The quantitative estimate of drug-likeness (QED) is 0.131. The molecule has 0 unspecified atom stereocenters. The smallest absolute Gasteiger partial charge is 0.111 e. The monoisotopic (exact) mass is 773 g/mol. The average molecular weight is 773 g/mol. The maximum Gasteiger partial charge on any atom is 0.111 e. The highest BCUT2D eigenvalue weighted by Crippen LogP contribution is 2.21. The molecule has 4 aliphatic heterocycles. The van der Waals surface area contributed by atoms with Gasteiger partial charge in [0, 0.05) is 0 Å². The highest BCUT2D eigenvalue weighted by atomic mass is 16.6. The summed E-state index contributed by atoms with van der Waals surface area (Å²) in [4.78, 5) is 0. The van der Waals surface area contributed by atoms with E-state index in [2.05, 4.69) is 0 Å². The van der Waals surface area contributed by atoms with Crippen molar-refractivity contribution in [3.63, 3.8) is 0 Å². The Morgan fingerprint density at radius 1 is 0.346 bits per heavy atom. The molecule has 52 heavy (non-hydrogen) atoms. The summed E-state index contributed by atoms with van der Waals surface area (Å²) in [6.07, 6.45) is -16.6. The molecule has 4 fully saturated rings. The van der Waals surface area contributed by atoms with Crippen LogP contribution in [0.5, 0.6) is 0 Å². The summed E-state index contributed by atoms with van der Waals surface area (Å²) in [5.41, 5.74) is 0. The fraction of sp³-hybridized carbons (Fsp3) is 1.00. The van der Waals surface area contributed by atoms with Gasteiger partial charge in [0.15, 0.2) is 0 Å². The first-order valence-electron chi connectivity index (χ1n) is 18.3. The molecule has 0 spiro atoms. The molecule has 4 saturated heterocycles. The summed E-state index contributed by atoms with van der Waals surface area (Å²) in [5.74, 6) is 0. The Morgan fingerprint density at radius 3 is 0.788 bits per heavy atom. The highest BCUT2D eigenvalue weighted by molar-refractivity contribution is 4.91. The largest absolute Gasteiger partial charge is 0.394 e. The molecule has 0 radical (unpaired) electrons. The Hall–Kier alpha value is -0.720. The fourth-order valence-electron chi connectivity index (χ4n) is 4.48. The van der Waals surface area contributed by atoms with Gasteiger partial charge in [-0.1, -0.05) is 55.4 Å². The first-order valence-corrected chi connectivity index (χ1v) is 18.3. The predicted octanol–water partition coefficient (Wildman–Crippen LogP) is -3.22. The van der Waals surface area contributed by atoms with E-state index in [1.165, 1.54) is 0 Å². The zero-order valence-corrected chi connectivity index (χ0v) is 33.1. The van der Waals surface area contributed by atoms with Crippen LogP contribution in [0, 0.1) is 0 Å². The number of ether oxygens (including phenoxy) is 4. The van der Waals surface area contributed by atoms with Crippen molar-refractivity contribution in [3.05, 3.63) is 0 Å². The molecule has 18 atom stereocenters. The number of aliphatic hydroxyl groups is 14. The number of rotatable bonds is 2. The number of hydrogen-bond donors (Lipinski definition) is 14. The van der Waals surface area contributed by atoms with Crippen LogP contribution in [0.15, 0.2) is 0 Å². The minimum absolute atomic E-state index is 0.0966. The molecule has 0 aromatic carbocycles. The molecular formula is C34H76O18. The van der Waals surface area contributed by atoms with Gasteiger partial charge in [0.25, 0.3) is 0 Å². The topological polar surface area (TPSA) is 320 Å². The second-order valence-corrected chi connectivity index (χ2v) is 11.2. The molecule has 18 nitrogen and oxygen atoms in total. The van der Waals surface area contributed by atoms with Crippen molar-refractivity contribution in [1.29, 1.82) is 0 Å². The van der Waals surface area contributed by atoms with E-state index in [-0.39, 0.29) is 26.4 Å². The van der Waals surface area contributed by atoms with E-state index in [0.717, 1.165) is 0 Å². The van der Waals surface area contributed by atoms with Gasteiger partial charge in [0.1, 0.15) is 85.5 Å². The molecule has 0 bridgehead atoms. The highest BCUT2D eigenvalue weighted by Gasteiger charge is 2.42. The van der Waals surface area contributed by atoms with Crippen molar-refractivity contribution in [2.75, 3.05) is 26.4 Å². The third-order valence-corrected chi connectivity index (χ3v) is 7.77. The molecule has 14 N–H and O–H groups in total. The van der Waals surface area contributed by atoms with Crippen molar-refractivity contribution in [2.45, 2.75) is 193 Å². The van der Waals surface area contributed by atoms with Crippen molar-refractivity contribution in [3.8, 4) is 0 Å². The first-order chi connectivity index (χ1) is 24.4. The molecule has 0 aromatic heterocycles. The average Bonchev–Trinajstić information content (AvgIpc) is 3.18. The van der Waals surface area contributed by atoms with E-state index in [0.29, 0.717) is 0 Å². The Kier molecular flexibility index (Phi) is 36.3. The van der Waals surface area contributed by atoms with Gasteiger partial charge in [-0.15, -0.1) is 0 Å². The summed E-state index contributed by atoms with van der Waals surface area (Å²) in [6, 6.07) is 0. The standard InChI is InChI=1S/2C7H14O5.2C6H12O4.4C2H6/c2*1-3-5(9)7(11)6(10)4(2-8)12-3;2*1-3-5(8)6(9)4(7)2-10-3;4*1-2/h2*3-11H,2H2,1H3;2*3-9H,2H2,1H3;4*1-2H3/t3-,4+,5-,6+,7+;3-,4+,5-,6-,7+;3-,4+,5-,6-;3-,4-,5-,6-;;;;/m0000..../s1. The van der Waals surface area contributed by atoms with E-state index in [1.807, 2.05) is 55.4 Å². The lowest BCUT2D eigenvalue weighted by molar-refractivity contribution is -0.224. The maximum atomic E-state index is 9.23. The molecule has 4 rings (SSSR count). The Labute approximate surface area is 309 Å². The number of hydrogen-bond acceptors (Lipinski definition) is 18. The molecule has 0 aromatic rings. The normalized spacial score (nSPS) is 42.1. The lowest BCUT2D eigenvalue weighted by Crippen LogP contribution is -2.57. The van der Waals surface area contributed by atoms with Crippen LogP contribution in [-0.2, 0) is 18.9 Å². The van der Waals surface area contributed by atoms with Crippen LogP contribution >= 0.6 is 0 Å². The van der Waals surface area contributed by atoms with Crippen LogP contribution in [0.2, 0.25) is 0 Å². The van der Waals surface area contributed by atoms with Crippen LogP contribution in [0.1, 0.15) is 83.1 Å². The molecule has 4 aliphatic rings. The van der Waals surface area contributed by atoms with Crippen LogP contribution in [0.3, 0.4) is 0 Å². The van der Waals surface area contributed by atoms with Gasteiger partial charge in [-0.25, -0.2) is 0 Å².